The first-order valence-corrected chi connectivity index (χ1v) is 5.19. The Balaban J connectivity index is 2.36. The lowest BCUT2D eigenvalue weighted by molar-refractivity contribution is -0.121. The Bertz CT molecular complexity index is 406. The normalized spacial score (nSPS) is 16.5. The lowest BCUT2D eigenvalue weighted by atomic mass is 10.3. The van der Waals surface area contributed by atoms with Crippen LogP contribution in [0.3, 0.4) is 0 Å². The SMILES string of the molecule is O=C1CC(=O)N(c2cccnc2I)C1. The summed E-state index contributed by atoms with van der Waals surface area (Å²) in [6.07, 6.45) is 1.68. The first-order chi connectivity index (χ1) is 6.68. The van der Waals surface area contributed by atoms with Crippen molar-refractivity contribution < 1.29 is 9.59 Å². The molecule has 0 bridgehead atoms. The Kier molecular flexibility index (Phi) is 2.49. The molecule has 5 heteroatoms. The number of anilines is 1. The molecule has 1 aromatic heterocycles. The number of aromatic nitrogens is 1. The summed E-state index contributed by atoms with van der Waals surface area (Å²) >= 11 is 2.05. The zero-order chi connectivity index (χ0) is 10.1. The van der Waals surface area contributed by atoms with Gasteiger partial charge in [-0.05, 0) is 34.7 Å². The highest BCUT2D eigenvalue weighted by molar-refractivity contribution is 14.1. The van der Waals surface area contributed by atoms with Gasteiger partial charge in [-0.1, -0.05) is 0 Å². The number of Topliss-reactive ketones (excluding diaryl/α,β-unsaturated/α-hetero) is 1. The Morgan fingerprint density at radius 1 is 1.43 bits per heavy atom. The van der Waals surface area contributed by atoms with E-state index in [1.165, 1.54) is 4.90 Å². The van der Waals surface area contributed by atoms with Crippen molar-refractivity contribution >= 4 is 40.0 Å². The van der Waals surface area contributed by atoms with Crippen molar-refractivity contribution in [1.82, 2.24) is 4.98 Å². The number of halogens is 1. The van der Waals surface area contributed by atoms with Gasteiger partial charge >= 0.3 is 0 Å². The van der Waals surface area contributed by atoms with Crippen LogP contribution in [0.1, 0.15) is 6.42 Å². The Labute approximate surface area is 94.4 Å². The third kappa shape index (κ3) is 1.63. The van der Waals surface area contributed by atoms with Crippen LogP contribution in [0.4, 0.5) is 5.69 Å². The van der Waals surface area contributed by atoms with Crippen LogP contribution in [0.5, 0.6) is 0 Å². The maximum atomic E-state index is 11.4. The first-order valence-electron chi connectivity index (χ1n) is 4.11. The second kappa shape index (κ2) is 3.64. The molecule has 0 unspecified atom stereocenters. The molecule has 4 nitrogen and oxygen atoms in total. The van der Waals surface area contributed by atoms with Crippen molar-refractivity contribution in [2.75, 3.05) is 11.4 Å². The minimum Gasteiger partial charge on any atom is -0.302 e. The fraction of sp³-hybridized carbons (Fsp3) is 0.222. The molecule has 2 heterocycles. The molecule has 1 amide bonds. The van der Waals surface area contributed by atoms with Gasteiger partial charge < -0.3 is 4.90 Å². The van der Waals surface area contributed by atoms with Crippen molar-refractivity contribution in [3.63, 3.8) is 0 Å². The van der Waals surface area contributed by atoms with Gasteiger partial charge in [0.05, 0.1) is 18.7 Å². The van der Waals surface area contributed by atoms with Gasteiger partial charge in [0, 0.05) is 6.20 Å². The highest BCUT2D eigenvalue weighted by atomic mass is 127. The van der Waals surface area contributed by atoms with Gasteiger partial charge in [0.1, 0.15) is 3.70 Å². The topological polar surface area (TPSA) is 50.3 Å². The fourth-order valence-electron chi connectivity index (χ4n) is 1.38. The predicted octanol–water partition coefficient (Wildman–Crippen LogP) is 0.992. The van der Waals surface area contributed by atoms with Crippen LogP contribution >= 0.6 is 22.6 Å². The molecular weight excluding hydrogens is 295 g/mol. The third-order valence-corrected chi connectivity index (χ3v) is 2.85. The van der Waals surface area contributed by atoms with Crippen molar-refractivity contribution in [1.29, 1.82) is 0 Å². The minimum atomic E-state index is -0.138. The fourth-order valence-corrected chi connectivity index (χ4v) is 2.01. The summed E-state index contributed by atoms with van der Waals surface area (Å²) in [6, 6.07) is 3.55. The van der Waals surface area contributed by atoms with Gasteiger partial charge in [-0.25, -0.2) is 4.98 Å². The van der Waals surface area contributed by atoms with Crippen LogP contribution < -0.4 is 4.90 Å². The van der Waals surface area contributed by atoms with Gasteiger partial charge in [-0.2, -0.15) is 0 Å². The Hall–Kier alpha value is -0.980. The number of carbonyl (C=O) groups excluding carboxylic acids is 2. The lowest BCUT2D eigenvalue weighted by Crippen LogP contribution is -2.25. The van der Waals surface area contributed by atoms with E-state index < -0.39 is 0 Å². The van der Waals surface area contributed by atoms with Crippen LogP contribution in [0.15, 0.2) is 18.3 Å². The number of carbonyl (C=O) groups is 2. The average molecular weight is 302 g/mol. The third-order valence-electron chi connectivity index (χ3n) is 2.01. The van der Waals surface area contributed by atoms with Gasteiger partial charge in [0.25, 0.3) is 0 Å². The van der Waals surface area contributed by atoms with Crippen molar-refractivity contribution in [3.05, 3.63) is 22.0 Å². The van der Waals surface area contributed by atoms with Crippen LogP contribution in [-0.2, 0) is 9.59 Å². The number of amides is 1. The Morgan fingerprint density at radius 3 is 2.79 bits per heavy atom. The minimum absolute atomic E-state index is 0.0188. The average Bonchev–Trinajstić information content (AvgIpc) is 2.46. The van der Waals surface area contributed by atoms with Crippen molar-refractivity contribution in [2.24, 2.45) is 0 Å². The summed E-state index contributed by atoms with van der Waals surface area (Å²) in [4.78, 5) is 28.0. The largest absolute Gasteiger partial charge is 0.302 e. The summed E-state index contributed by atoms with van der Waals surface area (Å²) in [7, 11) is 0. The molecule has 0 atom stereocenters. The lowest BCUT2D eigenvalue weighted by Gasteiger charge is -2.15. The van der Waals surface area contributed by atoms with E-state index in [0.717, 1.165) is 9.39 Å². The van der Waals surface area contributed by atoms with Crippen molar-refractivity contribution in [2.45, 2.75) is 6.42 Å². The quantitative estimate of drug-likeness (QED) is 0.442. The molecule has 1 aromatic rings. The second-order valence-corrected chi connectivity index (χ2v) is 4.03. The zero-order valence-corrected chi connectivity index (χ0v) is 9.39. The number of hydrogen-bond donors (Lipinski definition) is 0. The number of rotatable bonds is 1. The molecule has 0 radical (unpaired) electrons. The number of pyridine rings is 1. The molecule has 0 spiro atoms. The van der Waals surface area contributed by atoms with E-state index in [0.29, 0.717) is 0 Å². The summed E-state index contributed by atoms with van der Waals surface area (Å²) in [5, 5.41) is 0. The van der Waals surface area contributed by atoms with E-state index in [1.54, 1.807) is 18.3 Å². The van der Waals surface area contributed by atoms with Crippen LogP contribution in [0, 0.1) is 3.70 Å². The summed E-state index contributed by atoms with van der Waals surface area (Å²) in [5.74, 6) is -0.171. The van der Waals surface area contributed by atoms with Crippen LogP contribution in [-0.4, -0.2) is 23.2 Å². The smallest absolute Gasteiger partial charge is 0.235 e. The van der Waals surface area contributed by atoms with Crippen LogP contribution in [0.2, 0.25) is 0 Å². The van der Waals surface area contributed by atoms with E-state index in [9.17, 15) is 9.59 Å². The monoisotopic (exact) mass is 302 g/mol. The van der Waals surface area contributed by atoms with Crippen LogP contribution in [0.25, 0.3) is 0 Å². The zero-order valence-electron chi connectivity index (χ0n) is 7.24. The molecule has 0 saturated carbocycles. The van der Waals surface area contributed by atoms with Gasteiger partial charge in [-0.15, -0.1) is 0 Å². The molecule has 72 valence electrons. The highest BCUT2D eigenvalue weighted by Gasteiger charge is 2.29. The number of hydrogen-bond acceptors (Lipinski definition) is 3. The standard InChI is InChI=1S/C9H7IN2O2/c10-9-7(2-1-3-11-9)12-5-6(13)4-8(12)14/h1-3H,4-5H2. The molecule has 0 aromatic carbocycles. The van der Waals surface area contributed by atoms with E-state index in [4.69, 9.17) is 0 Å². The molecule has 14 heavy (non-hydrogen) atoms. The van der Waals surface area contributed by atoms with Gasteiger partial charge in [0.2, 0.25) is 5.91 Å². The highest BCUT2D eigenvalue weighted by Crippen LogP contribution is 2.23. The molecule has 0 aliphatic carbocycles. The maximum Gasteiger partial charge on any atom is 0.235 e. The van der Waals surface area contributed by atoms with E-state index in [-0.39, 0.29) is 24.7 Å². The summed E-state index contributed by atoms with van der Waals surface area (Å²) in [5.41, 5.74) is 0.726. The van der Waals surface area contributed by atoms with E-state index in [1.807, 2.05) is 0 Å². The number of nitrogens with zero attached hydrogens (tertiary/aromatic N) is 2. The maximum absolute atomic E-state index is 11.4. The molecule has 1 aliphatic heterocycles. The van der Waals surface area contributed by atoms with E-state index in [2.05, 4.69) is 27.6 Å². The molecule has 1 aliphatic rings. The summed E-state index contributed by atoms with van der Waals surface area (Å²) in [6.45, 7) is 0.181. The Morgan fingerprint density at radius 2 is 2.21 bits per heavy atom. The van der Waals surface area contributed by atoms with E-state index >= 15 is 0 Å². The van der Waals surface area contributed by atoms with Crippen molar-refractivity contribution in [3.8, 4) is 0 Å². The van der Waals surface area contributed by atoms with Gasteiger partial charge in [-0.3, -0.25) is 9.59 Å². The second-order valence-electron chi connectivity index (χ2n) is 3.01. The molecular formula is C9H7IN2O2. The molecule has 2 rings (SSSR count). The number of ketones is 1. The predicted molar refractivity (Wildman–Crippen MR) is 58.9 cm³/mol. The molecule has 1 fully saturated rings. The summed E-state index contributed by atoms with van der Waals surface area (Å²) < 4.78 is 0.744. The first kappa shape index (κ1) is 9.57. The molecule has 0 N–H and O–H groups in total. The van der Waals surface area contributed by atoms with Gasteiger partial charge in [0.15, 0.2) is 5.78 Å². The molecule has 1 saturated heterocycles.